The summed E-state index contributed by atoms with van der Waals surface area (Å²) in [5.74, 6) is -0.224. The van der Waals surface area contributed by atoms with Gasteiger partial charge in [-0.3, -0.25) is 9.52 Å². The Morgan fingerprint density at radius 2 is 1.79 bits per heavy atom. The maximum absolute atomic E-state index is 12.8. The van der Waals surface area contributed by atoms with Crippen LogP contribution in [-0.2, 0) is 20.2 Å². The molecule has 7 heteroatoms. The van der Waals surface area contributed by atoms with E-state index in [0.29, 0.717) is 31.0 Å². The van der Waals surface area contributed by atoms with Crippen molar-refractivity contribution in [3.8, 4) is 0 Å². The van der Waals surface area contributed by atoms with Gasteiger partial charge in [-0.15, -0.1) is 0 Å². The highest BCUT2D eigenvalue weighted by molar-refractivity contribution is 7.92. The largest absolute Gasteiger partial charge is 0.381 e. The smallest absolute Gasteiger partial charge is 0.251 e. The molecule has 2 N–H and O–H groups in total. The van der Waals surface area contributed by atoms with Crippen LogP contribution in [0.1, 0.15) is 34.3 Å². The van der Waals surface area contributed by atoms with Gasteiger partial charge >= 0.3 is 0 Å². The van der Waals surface area contributed by atoms with Crippen LogP contribution in [-0.4, -0.2) is 40.3 Å². The zero-order chi connectivity index (χ0) is 20.2. The van der Waals surface area contributed by atoms with Gasteiger partial charge in [0.2, 0.25) is 10.0 Å². The number of hydrogen-bond acceptors (Lipinski definition) is 4. The second kappa shape index (κ2) is 8.32. The number of carbonyl (C=O) groups is 1. The van der Waals surface area contributed by atoms with Crippen LogP contribution in [0.25, 0.3) is 0 Å². The Hall–Kier alpha value is -2.38. The molecule has 1 aliphatic rings. The van der Waals surface area contributed by atoms with Crippen LogP contribution in [0, 0.1) is 6.92 Å². The van der Waals surface area contributed by atoms with Gasteiger partial charge in [0.25, 0.3) is 5.91 Å². The molecule has 6 nitrogen and oxygen atoms in total. The summed E-state index contributed by atoms with van der Waals surface area (Å²) in [7, 11) is -3.41. The van der Waals surface area contributed by atoms with E-state index >= 15 is 0 Å². The summed E-state index contributed by atoms with van der Waals surface area (Å²) in [6.45, 7) is 3.62. The molecule has 0 atom stereocenters. The fraction of sp³-hybridized carbons (Fsp3) is 0.381. The molecular weight excluding hydrogens is 376 g/mol. The average molecular weight is 403 g/mol. The molecule has 1 saturated heterocycles. The number of carbonyl (C=O) groups excluding carboxylic acids is 1. The van der Waals surface area contributed by atoms with Crippen LogP contribution in [0.2, 0.25) is 0 Å². The Bertz CT molecular complexity index is 936. The zero-order valence-corrected chi connectivity index (χ0v) is 17.0. The predicted molar refractivity (Wildman–Crippen MR) is 110 cm³/mol. The quantitative estimate of drug-likeness (QED) is 0.778. The van der Waals surface area contributed by atoms with Gasteiger partial charge in [-0.2, -0.15) is 0 Å². The van der Waals surface area contributed by atoms with Gasteiger partial charge in [0.05, 0.1) is 11.9 Å². The topological polar surface area (TPSA) is 84.5 Å². The number of hydrogen-bond donors (Lipinski definition) is 2. The van der Waals surface area contributed by atoms with E-state index in [9.17, 15) is 13.2 Å². The van der Waals surface area contributed by atoms with Crippen molar-refractivity contribution < 1.29 is 17.9 Å². The molecule has 1 amide bonds. The summed E-state index contributed by atoms with van der Waals surface area (Å²) in [4.78, 5) is 12.8. The number of nitrogens with one attached hydrogen (secondary N) is 2. The van der Waals surface area contributed by atoms with Gasteiger partial charge in [-0.25, -0.2) is 8.42 Å². The Morgan fingerprint density at radius 3 is 2.43 bits per heavy atom. The predicted octanol–water partition coefficient (Wildman–Crippen LogP) is 2.84. The van der Waals surface area contributed by atoms with Gasteiger partial charge in [0.15, 0.2) is 0 Å². The molecule has 1 fully saturated rings. The van der Waals surface area contributed by atoms with Crippen LogP contribution < -0.4 is 10.0 Å². The molecule has 150 valence electrons. The first kappa shape index (κ1) is 20.4. The van der Waals surface area contributed by atoms with Crippen molar-refractivity contribution in [1.82, 2.24) is 5.32 Å². The maximum Gasteiger partial charge on any atom is 0.251 e. The van der Waals surface area contributed by atoms with E-state index in [1.807, 2.05) is 18.2 Å². The molecule has 0 bridgehead atoms. The van der Waals surface area contributed by atoms with Crippen molar-refractivity contribution in [1.29, 1.82) is 0 Å². The van der Waals surface area contributed by atoms with Crippen molar-refractivity contribution >= 4 is 21.6 Å². The van der Waals surface area contributed by atoms with Crippen molar-refractivity contribution in [3.05, 3.63) is 65.2 Å². The minimum Gasteiger partial charge on any atom is -0.381 e. The maximum atomic E-state index is 12.8. The molecule has 1 aliphatic heterocycles. The number of amides is 1. The van der Waals surface area contributed by atoms with E-state index in [2.05, 4.69) is 22.2 Å². The van der Waals surface area contributed by atoms with E-state index in [-0.39, 0.29) is 11.3 Å². The molecule has 0 radical (unpaired) electrons. The summed E-state index contributed by atoms with van der Waals surface area (Å²) >= 11 is 0. The third kappa shape index (κ3) is 4.91. The first-order valence-corrected chi connectivity index (χ1v) is 11.2. The van der Waals surface area contributed by atoms with Gasteiger partial charge < -0.3 is 10.1 Å². The van der Waals surface area contributed by atoms with Crippen LogP contribution in [0.4, 0.5) is 5.69 Å². The monoisotopic (exact) mass is 402 g/mol. The van der Waals surface area contributed by atoms with Gasteiger partial charge in [0.1, 0.15) is 0 Å². The highest BCUT2D eigenvalue weighted by Crippen LogP contribution is 2.34. The molecule has 1 heterocycles. The van der Waals surface area contributed by atoms with Crippen LogP contribution in [0.3, 0.4) is 0 Å². The van der Waals surface area contributed by atoms with Crippen LogP contribution >= 0.6 is 0 Å². The third-order valence-electron chi connectivity index (χ3n) is 5.22. The summed E-state index contributed by atoms with van der Waals surface area (Å²) in [5.41, 5.74) is 2.63. The van der Waals surface area contributed by atoms with Crippen molar-refractivity contribution in [3.63, 3.8) is 0 Å². The van der Waals surface area contributed by atoms with Crippen molar-refractivity contribution in [2.45, 2.75) is 25.2 Å². The highest BCUT2D eigenvalue weighted by Gasteiger charge is 2.34. The summed E-state index contributed by atoms with van der Waals surface area (Å²) < 4.78 is 31.1. The Labute approximate surface area is 166 Å². The molecule has 0 aliphatic carbocycles. The highest BCUT2D eigenvalue weighted by atomic mass is 32.2. The lowest BCUT2D eigenvalue weighted by atomic mass is 9.74. The van der Waals surface area contributed by atoms with E-state index in [0.717, 1.165) is 24.7 Å². The second-order valence-corrected chi connectivity index (χ2v) is 9.09. The number of ether oxygens (including phenoxy) is 1. The molecule has 0 saturated carbocycles. The molecule has 2 aromatic carbocycles. The molecular formula is C21H26N2O4S. The lowest BCUT2D eigenvalue weighted by Crippen LogP contribution is -2.44. The normalized spacial score (nSPS) is 16.4. The van der Waals surface area contributed by atoms with Gasteiger partial charge in [-0.05, 0) is 43.0 Å². The molecule has 0 aromatic heterocycles. The number of aryl methyl sites for hydroxylation is 1. The number of rotatable bonds is 6. The molecule has 2 aromatic rings. The average Bonchev–Trinajstić information content (AvgIpc) is 2.68. The van der Waals surface area contributed by atoms with E-state index in [1.54, 1.807) is 25.1 Å². The fourth-order valence-corrected chi connectivity index (χ4v) is 4.17. The SMILES string of the molecule is Cc1ccc(C(=O)NCC2(c3ccccc3)CCOCC2)cc1NS(C)(=O)=O. The molecule has 3 rings (SSSR count). The van der Waals surface area contributed by atoms with E-state index < -0.39 is 10.0 Å². The van der Waals surface area contributed by atoms with Gasteiger partial charge in [0, 0.05) is 30.7 Å². The minimum absolute atomic E-state index is 0.159. The summed E-state index contributed by atoms with van der Waals surface area (Å²) in [6.07, 6.45) is 2.77. The molecule has 28 heavy (non-hydrogen) atoms. The first-order valence-electron chi connectivity index (χ1n) is 9.29. The van der Waals surface area contributed by atoms with E-state index in [1.165, 1.54) is 5.56 Å². The fourth-order valence-electron chi connectivity index (χ4n) is 3.55. The Kier molecular flexibility index (Phi) is 6.05. The number of anilines is 1. The lowest BCUT2D eigenvalue weighted by Gasteiger charge is -2.38. The zero-order valence-electron chi connectivity index (χ0n) is 16.2. The van der Waals surface area contributed by atoms with Gasteiger partial charge in [-0.1, -0.05) is 36.4 Å². The number of benzene rings is 2. The summed E-state index contributed by atoms with van der Waals surface area (Å²) in [5, 5.41) is 3.05. The third-order valence-corrected chi connectivity index (χ3v) is 5.81. The van der Waals surface area contributed by atoms with Crippen LogP contribution in [0.5, 0.6) is 0 Å². The second-order valence-electron chi connectivity index (χ2n) is 7.35. The van der Waals surface area contributed by atoms with Crippen molar-refractivity contribution in [2.75, 3.05) is 30.7 Å². The van der Waals surface area contributed by atoms with Crippen LogP contribution in [0.15, 0.2) is 48.5 Å². The molecule has 0 spiro atoms. The minimum atomic E-state index is -3.41. The van der Waals surface area contributed by atoms with E-state index in [4.69, 9.17) is 4.74 Å². The Balaban J connectivity index is 1.78. The first-order chi connectivity index (χ1) is 13.3. The number of sulfonamides is 1. The lowest BCUT2D eigenvalue weighted by molar-refractivity contribution is 0.0487. The summed E-state index contributed by atoms with van der Waals surface area (Å²) in [6, 6.07) is 15.2. The standard InChI is InChI=1S/C21H26N2O4S/c1-16-8-9-17(14-19(16)23-28(2,25)26)20(24)22-15-21(10-12-27-13-11-21)18-6-4-3-5-7-18/h3-9,14,23H,10-13,15H2,1-2H3,(H,22,24). The molecule has 0 unspecified atom stereocenters. The van der Waals surface area contributed by atoms with Crippen molar-refractivity contribution in [2.24, 2.45) is 0 Å². The Morgan fingerprint density at radius 1 is 1.11 bits per heavy atom.